The first-order chi connectivity index (χ1) is 19.9. The van der Waals surface area contributed by atoms with Gasteiger partial charge in [-0.1, -0.05) is 29.8 Å². The van der Waals surface area contributed by atoms with Crippen molar-refractivity contribution in [3.8, 4) is 0 Å². The molecule has 0 bridgehead atoms. The predicted molar refractivity (Wildman–Crippen MR) is 146 cm³/mol. The highest BCUT2D eigenvalue weighted by Gasteiger charge is 2.61. The van der Waals surface area contributed by atoms with Crippen LogP contribution in [0.5, 0.6) is 0 Å². The first-order valence-corrected chi connectivity index (χ1v) is 13.7. The number of rotatable bonds is 10. The van der Waals surface area contributed by atoms with Gasteiger partial charge in [0.05, 0.1) is 0 Å². The molecular weight excluding hydrogens is 552 g/mol. The maximum atomic E-state index is 12.4. The van der Waals surface area contributed by atoms with E-state index in [2.05, 4.69) is 0 Å². The third kappa shape index (κ3) is 7.74. The topological polar surface area (TPSA) is 142 Å². The second-order valence-electron chi connectivity index (χ2n) is 10.3. The Balaban J connectivity index is 2.10. The SMILES string of the molecule is COC1(OC)CCC(=Cc2cccc(C3(OC)OC(COC(C)=O)[C@@H](OC(C)=O)[C@H](OC(C)=O)[C@H]3OC(C)=O)c2)CC1. The van der Waals surface area contributed by atoms with Gasteiger partial charge in [-0.05, 0) is 24.5 Å². The summed E-state index contributed by atoms with van der Waals surface area (Å²) in [5, 5.41) is 0. The third-order valence-corrected chi connectivity index (χ3v) is 7.40. The lowest BCUT2D eigenvalue weighted by atomic mass is 9.85. The summed E-state index contributed by atoms with van der Waals surface area (Å²) in [6.45, 7) is 4.36. The van der Waals surface area contributed by atoms with Crippen LogP contribution in [-0.2, 0) is 62.9 Å². The van der Waals surface area contributed by atoms with Crippen LogP contribution in [0.3, 0.4) is 0 Å². The predicted octanol–water partition coefficient (Wildman–Crippen LogP) is 3.19. The minimum atomic E-state index is -1.85. The highest BCUT2D eigenvalue weighted by molar-refractivity contribution is 5.69. The third-order valence-electron chi connectivity index (χ3n) is 7.40. The van der Waals surface area contributed by atoms with Gasteiger partial charge < -0.3 is 37.9 Å². The van der Waals surface area contributed by atoms with Gasteiger partial charge >= 0.3 is 23.9 Å². The molecule has 1 saturated carbocycles. The van der Waals surface area contributed by atoms with Crippen LogP contribution < -0.4 is 0 Å². The van der Waals surface area contributed by atoms with Crippen LogP contribution in [0, 0.1) is 0 Å². The number of carbonyl (C=O) groups excluding carboxylic acids is 4. The fraction of sp³-hybridized carbons (Fsp3) is 0.600. The van der Waals surface area contributed by atoms with Gasteiger partial charge in [-0.2, -0.15) is 0 Å². The van der Waals surface area contributed by atoms with Crippen molar-refractivity contribution in [1.82, 2.24) is 0 Å². The summed E-state index contributed by atoms with van der Waals surface area (Å²) in [7, 11) is 4.62. The van der Waals surface area contributed by atoms with Crippen molar-refractivity contribution < 1.29 is 57.1 Å². The molecule has 2 fully saturated rings. The molecule has 232 valence electrons. The normalized spacial score (nSPS) is 27.0. The van der Waals surface area contributed by atoms with Crippen molar-refractivity contribution in [2.45, 2.75) is 89.4 Å². The Morgan fingerprint density at radius 1 is 0.833 bits per heavy atom. The molecule has 0 amide bonds. The molecule has 1 saturated heterocycles. The zero-order chi connectivity index (χ0) is 31.1. The molecule has 5 atom stereocenters. The average molecular weight is 593 g/mol. The molecule has 0 spiro atoms. The maximum absolute atomic E-state index is 12.4. The largest absolute Gasteiger partial charge is 0.463 e. The molecule has 12 heteroatoms. The van der Waals surface area contributed by atoms with Gasteiger partial charge in [0.1, 0.15) is 12.7 Å². The number of esters is 4. The second-order valence-corrected chi connectivity index (χ2v) is 10.3. The van der Waals surface area contributed by atoms with E-state index in [1.54, 1.807) is 32.4 Å². The van der Waals surface area contributed by atoms with Crippen LogP contribution in [0.25, 0.3) is 6.08 Å². The minimum Gasteiger partial charge on any atom is -0.463 e. The zero-order valence-corrected chi connectivity index (χ0v) is 25.1. The van der Waals surface area contributed by atoms with E-state index in [9.17, 15) is 19.2 Å². The van der Waals surface area contributed by atoms with Crippen molar-refractivity contribution in [3.05, 3.63) is 41.0 Å². The van der Waals surface area contributed by atoms with Gasteiger partial charge in [0, 0.05) is 67.4 Å². The molecule has 12 nitrogen and oxygen atoms in total. The highest BCUT2D eigenvalue weighted by Crippen LogP contribution is 2.44. The van der Waals surface area contributed by atoms with Crippen molar-refractivity contribution >= 4 is 30.0 Å². The summed E-state index contributed by atoms with van der Waals surface area (Å²) in [5.41, 5.74) is 2.43. The summed E-state index contributed by atoms with van der Waals surface area (Å²) < 4.78 is 45.5. The molecule has 0 radical (unpaired) electrons. The van der Waals surface area contributed by atoms with Gasteiger partial charge in [0.2, 0.25) is 11.9 Å². The minimum absolute atomic E-state index is 0.368. The molecule has 2 unspecified atom stereocenters. The van der Waals surface area contributed by atoms with Crippen LogP contribution in [-0.4, -0.2) is 82.0 Å². The lowest BCUT2D eigenvalue weighted by molar-refractivity contribution is -0.367. The fourth-order valence-corrected chi connectivity index (χ4v) is 5.45. The molecule has 1 aliphatic heterocycles. The molecule has 1 heterocycles. The number of methoxy groups -OCH3 is 3. The van der Waals surface area contributed by atoms with E-state index in [1.165, 1.54) is 33.5 Å². The van der Waals surface area contributed by atoms with E-state index in [4.69, 9.17) is 37.9 Å². The van der Waals surface area contributed by atoms with E-state index in [-0.39, 0.29) is 6.61 Å². The summed E-state index contributed by atoms with van der Waals surface area (Å²) >= 11 is 0. The highest BCUT2D eigenvalue weighted by atomic mass is 16.7. The van der Waals surface area contributed by atoms with Gasteiger partial charge in [0.15, 0.2) is 18.0 Å². The summed E-state index contributed by atoms with van der Waals surface area (Å²) in [6.07, 6.45) is -0.279. The van der Waals surface area contributed by atoms with E-state index >= 15 is 0 Å². The first kappa shape index (κ1) is 33.2. The molecular formula is C30H40O12. The second kappa shape index (κ2) is 14.2. The maximum Gasteiger partial charge on any atom is 0.303 e. The monoisotopic (exact) mass is 592 g/mol. The van der Waals surface area contributed by atoms with E-state index in [1.807, 2.05) is 12.1 Å². The number of allylic oxidation sites excluding steroid dienone is 1. The number of benzene rings is 1. The molecule has 42 heavy (non-hydrogen) atoms. The van der Waals surface area contributed by atoms with Crippen LogP contribution >= 0.6 is 0 Å². The van der Waals surface area contributed by atoms with Gasteiger partial charge in [-0.15, -0.1) is 0 Å². The number of hydrogen-bond acceptors (Lipinski definition) is 12. The lowest BCUT2D eigenvalue weighted by Gasteiger charge is -2.50. The number of carbonyl (C=O) groups is 4. The molecule has 1 aromatic rings. The van der Waals surface area contributed by atoms with Crippen molar-refractivity contribution in [3.63, 3.8) is 0 Å². The first-order valence-electron chi connectivity index (χ1n) is 13.7. The lowest BCUT2D eigenvalue weighted by Crippen LogP contribution is -2.67. The van der Waals surface area contributed by atoms with Gasteiger partial charge in [0.25, 0.3) is 0 Å². The fourth-order valence-electron chi connectivity index (χ4n) is 5.45. The van der Waals surface area contributed by atoms with Crippen LogP contribution in [0.2, 0.25) is 0 Å². The number of hydrogen-bond donors (Lipinski definition) is 0. The van der Waals surface area contributed by atoms with Crippen molar-refractivity contribution in [2.75, 3.05) is 27.9 Å². The molecule has 0 N–H and O–H groups in total. The summed E-state index contributed by atoms with van der Waals surface area (Å²) in [6, 6.07) is 7.21. The quantitative estimate of drug-likeness (QED) is 0.224. The standard InChI is InChI=1S/C30H40O12/c1-18(31)38-17-25-26(39-19(2)32)27(40-20(3)33)28(41-21(4)34)30(37-7,42-25)24-10-8-9-23(16-24)15-22-11-13-29(35-5,36-6)14-12-22/h8-10,15-16,25-28H,11-14,17H2,1-7H3/t25?,26-,27+,28-,30?/m1/s1. The van der Waals surface area contributed by atoms with Crippen molar-refractivity contribution in [2.24, 2.45) is 0 Å². The Hall–Kier alpha value is -3.32. The van der Waals surface area contributed by atoms with E-state index in [0.29, 0.717) is 18.4 Å². The Morgan fingerprint density at radius 2 is 1.43 bits per heavy atom. The molecule has 1 aromatic carbocycles. The molecule has 3 rings (SSSR count). The van der Waals surface area contributed by atoms with Crippen LogP contribution in [0.15, 0.2) is 29.8 Å². The molecule has 2 aliphatic rings. The van der Waals surface area contributed by atoms with E-state index < -0.39 is 59.9 Å². The Morgan fingerprint density at radius 3 is 1.95 bits per heavy atom. The Bertz CT molecular complexity index is 1160. The summed E-state index contributed by atoms with van der Waals surface area (Å²) in [5.74, 6) is -5.23. The van der Waals surface area contributed by atoms with E-state index in [0.717, 1.165) is 25.3 Å². The molecule has 0 aromatic heterocycles. The van der Waals surface area contributed by atoms with Gasteiger partial charge in [-0.3, -0.25) is 19.2 Å². The smallest absolute Gasteiger partial charge is 0.303 e. The molecule has 1 aliphatic carbocycles. The van der Waals surface area contributed by atoms with Crippen LogP contribution in [0.1, 0.15) is 64.5 Å². The van der Waals surface area contributed by atoms with Crippen molar-refractivity contribution in [1.29, 1.82) is 0 Å². The zero-order valence-electron chi connectivity index (χ0n) is 25.1. The Labute approximate surface area is 245 Å². The van der Waals surface area contributed by atoms with Gasteiger partial charge in [-0.25, -0.2) is 0 Å². The average Bonchev–Trinajstić information content (AvgIpc) is 2.94. The summed E-state index contributed by atoms with van der Waals surface area (Å²) in [4.78, 5) is 48.4. The Kier molecular flexibility index (Phi) is 11.2. The van der Waals surface area contributed by atoms with Crippen LogP contribution in [0.4, 0.5) is 0 Å². The number of ether oxygens (including phenoxy) is 8.